The SMILES string of the molecule is CC(CNCc1cccc(Br)c1)CN1CCCCC1. The van der Waals surface area contributed by atoms with Crippen LogP contribution in [0.3, 0.4) is 0 Å². The van der Waals surface area contributed by atoms with E-state index in [4.69, 9.17) is 0 Å². The Hall–Kier alpha value is -0.380. The molecule has 2 nitrogen and oxygen atoms in total. The number of piperidine rings is 1. The van der Waals surface area contributed by atoms with Gasteiger partial charge in [0.25, 0.3) is 0 Å². The number of nitrogens with zero attached hydrogens (tertiary/aromatic N) is 1. The van der Waals surface area contributed by atoms with Crippen molar-refractivity contribution in [3.8, 4) is 0 Å². The molecule has 3 heteroatoms. The molecule has 1 heterocycles. The summed E-state index contributed by atoms with van der Waals surface area (Å²) < 4.78 is 1.16. The van der Waals surface area contributed by atoms with Gasteiger partial charge in [-0.1, -0.05) is 41.4 Å². The Balaban J connectivity index is 1.64. The van der Waals surface area contributed by atoms with Crippen LogP contribution in [0.15, 0.2) is 28.7 Å². The summed E-state index contributed by atoms with van der Waals surface area (Å²) in [7, 11) is 0. The predicted octanol–water partition coefficient (Wildman–Crippen LogP) is 3.66. The highest BCUT2D eigenvalue weighted by atomic mass is 79.9. The van der Waals surface area contributed by atoms with Gasteiger partial charge in [-0.2, -0.15) is 0 Å². The number of halogens is 1. The molecular formula is C16H25BrN2. The van der Waals surface area contributed by atoms with Crippen molar-refractivity contribution in [2.24, 2.45) is 5.92 Å². The maximum atomic E-state index is 3.57. The molecule has 0 bridgehead atoms. The molecule has 0 amide bonds. The largest absolute Gasteiger partial charge is 0.312 e. The minimum atomic E-state index is 0.727. The van der Waals surface area contributed by atoms with E-state index in [1.54, 1.807) is 0 Å². The van der Waals surface area contributed by atoms with E-state index in [2.05, 4.69) is 57.3 Å². The van der Waals surface area contributed by atoms with Gasteiger partial charge in [-0.25, -0.2) is 0 Å². The first-order valence-electron chi connectivity index (χ1n) is 7.41. The normalized spacial score (nSPS) is 18.4. The highest BCUT2D eigenvalue weighted by Gasteiger charge is 2.12. The van der Waals surface area contributed by atoms with Crippen molar-refractivity contribution in [3.05, 3.63) is 34.3 Å². The molecule has 1 aromatic rings. The van der Waals surface area contributed by atoms with Crippen LogP contribution in [0.2, 0.25) is 0 Å². The summed E-state index contributed by atoms with van der Waals surface area (Å²) in [6.45, 7) is 8.26. The molecule has 19 heavy (non-hydrogen) atoms. The van der Waals surface area contributed by atoms with Crippen molar-refractivity contribution in [1.29, 1.82) is 0 Å². The van der Waals surface area contributed by atoms with Gasteiger partial charge in [-0.15, -0.1) is 0 Å². The maximum Gasteiger partial charge on any atom is 0.0206 e. The van der Waals surface area contributed by atoms with Gasteiger partial charge in [0.05, 0.1) is 0 Å². The first-order valence-corrected chi connectivity index (χ1v) is 8.21. The first kappa shape index (κ1) is 15.0. The molecule has 106 valence electrons. The van der Waals surface area contributed by atoms with Crippen LogP contribution in [0.4, 0.5) is 0 Å². The fraction of sp³-hybridized carbons (Fsp3) is 0.625. The third-order valence-electron chi connectivity index (χ3n) is 3.73. The van der Waals surface area contributed by atoms with Crippen molar-refractivity contribution < 1.29 is 0 Å². The summed E-state index contributed by atoms with van der Waals surface area (Å²) in [4.78, 5) is 2.62. The Morgan fingerprint density at radius 2 is 2.05 bits per heavy atom. The fourth-order valence-electron chi connectivity index (χ4n) is 2.76. The Bertz CT molecular complexity index is 375. The molecule has 0 radical (unpaired) electrons. The van der Waals surface area contributed by atoms with E-state index in [9.17, 15) is 0 Å². The van der Waals surface area contributed by atoms with Gasteiger partial charge in [0, 0.05) is 17.6 Å². The van der Waals surface area contributed by atoms with Gasteiger partial charge in [-0.3, -0.25) is 0 Å². The molecule has 1 fully saturated rings. The van der Waals surface area contributed by atoms with E-state index >= 15 is 0 Å². The summed E-state index contributed by atoms with van der Waals surface area (Å²) in [6.07, 6.45) is 4.20. The zero-order chi connectivity index (χ0) is 13.5. The van der Waals surface area contributed by atoms with Gasteiger partial charge in [0.1, 0.15) is 0 Å². The van der Waals surface area contributed by atoms with Crippen molar-refractivity contribution in [1.82, 2.24) is 10.2 Å². The maximum absolute atomic E-state index is 3.57. The fourth-order valence-corrected chi connectivity index (χ4v) is 3.20. The van der Waals surface area contributed by atoms with E-state index < -0.39 is 0 Å². The molecule has 1 N–H and O–H groups in total. The molecule has 0 saturated carbocycles. The van der Waals surface area contributed by atoms with Crippen molar-refractivity contribution in [2.45, 2.75) is 32.7 Å². The van der Waals surface area contributed by atoms with Gasteiger partial charge in [0.15, 0.2) is 0 Å². The summed E-state index contributed by atoms with van der Waals surface area (Å²) in [6, 6.07) is 8.52. The number of hydrogen-bond acceptors (Lipinski definition) is 2. The van der Waals surface area contributed by atoms with Crippen LogP contribution in [-0.4, -0.2) is 31.1 Å². The summed E-state index contributed by atoms with van der Waals surface area (Å²) >= 11 is 3.51. The highest BCUT2D eigenvalue weighted by molar-refractivity contribution is 9.10. The molecule has 1 aliphatic heterocycles. The van der Waals surface area contributed by atoms with Crippen LogP contribution in [-0.2, 0) is 6.54 Å². The number of hydrogen-bond donors (Lipinski definition) is 1. The average Bonchev–Trinajstić information content (AvgIpc) is 2.40. The van der Waals surface area contributed by atoms with Crippen molar-refractivity contribution >= 4 is 15.9 Å². The van der Waals surface area contributed by atoms with Crippen LogP contribution in [0.5, 0.6) is 0 Å². The summed E-state index contributed by atoms with van der Waals surface area (Å²) in [5.41, 5.74) is 1.35. The molecule has 1 aliphatic rings. The van der Waals surface area contributed by atoms with Crippen molar-refractivity contribution in [2.75, 3.05) is 26.2 Å². The molecule has 0 spiro atoms. The average molecular weight is 325 g/mol. The van der Waals surface area contributed by atoms with E-state index in [1.165, 1.54) is 44.5 Å². The van der Waals surface area contributed by atoms with Crippen molar-refractivity contribution in [3.63, 3.8) is 0 Å². The number of benzene rings is 1. The molecule has 0 aromatic heterocycles. The molecule has 1 unspecified atom stereocenters. The monoisotopic (exact) mass is 324 g/mol. The smallest absolute Gasteiger partial charge is 0.0206 e. The zero-order valence-electron chi connectivity index (χ0n) is 11.9. The minimum Gasteiger partial charge on any atom is -0.312 e. The van der Waals surface area contributed by atoms with E-state index in [0.717, 1.165) is 23.5 Å². The lowest BCUT2D eigenvalue weighted by Gasteiger charge is -2.29. The van der Waals surface area contributed by atoms with E-state index in [0.29, 0.717) is 0 Å². The first-order chi connectivity index (χ1) is 9.24. The lowest BCUT2D eigenvalue weighted by atomic mass is 10.1. The minimum absolute atomic E-state index is 0.727. The molecule has 0 aliphatic carbocycles. The van der Waals surface area contributed by atoms with Crippen LogP contribution in [0.25, 0.3) is 0 Å². The Labute approximate surface area is 125 Å². The summed E-state index contributed by atoms with van der Waals surface area (Å²) in [5, 5.41) is 3.57. The van der Waals surface area contributed by atoms with Crippen LogP contribution >= 0.6 is 15.9 Å². The molecule has 1 atom stereocenters. The topological polar surface area (TPSA) is 15.3 Å². The third-order valence-corrected chi connectivity index (χ3v) is 4.22. The lowest BCUT2D eigenvalue weighted by Crippen LogP contribution is -2.36. The molecule has 1 saturated heterocycles. The number of nitrogens with one attached hydrogen (secondary N) is 1. The number of likely N-dealkylation sites (tertiary alicyclic amines) is 1. The quantitative estimate of drug-likeness (QED) is 0.859. The summed E-state index contributed by atoms with van der Waals surface area (Å²) in [5.74, 6) is 0.727. The Morgan fingerprint density at radius 1 is 1.26 bits per heavy atom. The van der Waals surface area contributed by atoms with Crippen LogP contribution in [0, 0.1) is 5.92 Å². The number of rotatable bonds is 6. The Morgan fingerprint density at radius 3 is 2.79 bits per heavy atom. The van der Waals surface area contributed by atoms with Gasteiger partial charge in [0.2, 0.25) is 0 Å². The van der Waals surface area contributed by atoms with Crippen LogP contribution in [0.1, 0.15) is 31.7 Å². The van der Waals surface area contributed by atoms with Gasteiger partial charge < -0.3 is 10.2 Å². The second kappa shape index (κ2) is 8.03. The van der Waals surface area contributed by atoms with E-state index in [1.807, 2.05) is 0 Å². The third kappa shape index (κ3) is 5.64. The van der Waals surface area contributed by atoms with Gasteiger partial charge >= 0.3 is 0 Å². The lowest BCUT2D eigenvalue weighted by molar-refractivity contribution is 0.199. The van der Waals surface area contributed by atoms with E-state index in [-0.39, 0.29) is 0 Å². The molecule has 1 aromatic carbocycles. The highest BCUT2D eigenvalue weighted by Crippen LogP contribution is 2.12. The second-order valence-corrected chi connectivity index (χ2v) is 6.64. The molecular weight excluding hydrogens is 300 g/mol. The second-order valence-electron chi connectivity index (χ2n) is 5.73. The van der Waals surface area contributed by atoms with Crippen LogP contribution < -0.4 is 5.32 Å². The Kier molecular flexibility index (Phi) is 6.35. The molecule has 2 rings (SSSR count). The van der Waals surface area contributed by atoms with Gasteiger partial charge in [-0.05, 0) is 56.1 Å². The standard InChI is InChI=1S/C16H25BrN2/c1-14(13-19-8-3-2-4-9-19)11-18-12-15-6-5-7-16(17)10-15/h5-7,10,14,18H,2-4,8-9,11-13H2,1H3. The predicted molar refractivity (Wildman–Crippen MR) is 85.3 cm³/mol. The zero-order valence-corrected chi connectivity index (χ0v) is 13.5.